The van der Waals surface area contributed by atoms with Crippen molar-refractivity contribution in [3.63, 3.8) is 0 Å². The Morgan fingerprint density at radius 2 is 2.03 bits per heavy atom. The van der Waals surface area contributed by atoms with Crippen molar-refractivity contribution in [1.82, 2.24) is 24.9 Å². The molecule has 3 aromatic heterocycles. The monoisotopic (exact) mass is 454 g/mol. The highest BCUT2D eigenvalue weighted by Crippen LogP contribution is 2.31. The van der Waals surface area contributed by atoms with Gasteiger partial charge in [-0.05, 0) is 50.2 Å². The van der Waals surface area contributed by atoms with Crippen molar-refractivity contribution in [1.29, 1.82) is 0 Å². The van der Waals surface area contributed by atoms with Gasteiger partial charge >= 0.3 is 5.97 Å². The first-order chi connectivity index (χ1) is 15.5. The Morgan fingerprint density at radius 1 is 1.25 bits per heavy atom. The number of nitrogens with one attached hydrogen (secondary N) is 1. The van der Waals surface area contributed by atoms with E-state index in [4.69, 9.17) is 21.7 Å². The van der Waals surface area contributed by atoms with Crippen molar-refractivity contribution in [3.05, 3.63) is 59.6 Å². The van der Waals surface area contributed by atoms with E-state index in [1.54, 1.807) is 23.8 Å². The first kappa shape index (κ1) is 23.6. The highest BCUT2D eigenvalue weighted by Gasteiger charge is 2.18. The summed E-state index contributed by atoms with van der Waals surface area (Å²) in [4.78, 5) is 20.4. The summed E-state index contributed by atoms with van der Waals surface area (Å²) in [6.07, 6.45) is 6.29. The maximum Gasteiger partial charge on any atom is 0.320 e. The molecule has 0 aliphatic heterocycles. The normalized spacial score (nSPS) is 12.9. The van der Waals surface area contributed by atoms with Crippen LogP contribution in [0.1, 0.15) is 31.9 Å². The molecule has 4 rings (SSSR count). The molecule has 0 bridgehead atoms. The van der Waals surface area contributed by atoms with Crippen LogP contribution in [0, 0.1) is 0 Å². The lowest BCUT2D eigenvalue weighted by molar-refractivity contribution is -0.139. The number of aromatic nitrogens is 4. The van der Waals surface area contributed by atoms with Gasteiger partial charge in [0.25, 0.3) is 0 Å². The Bertz CT molecular complexity index is 1230. The molecule has 8 nitrogen and oxygen atoms in total. The Labute approximate surface area is 191 Å². The summed E-state index contributed by atoms with van der Waals surface area (Å²) in [5, 5.41) is 18.3. The number of halogens is 1. The highest BCUT2D eigenvalue weighted by atomic mass is 35.5. The highest BCUT2D eigenvalue weighted by molar-refractivity contribution is 6.31. The average Bonchev–Trinajstić information content (AvgIpc) is 3.23. The molecule has 0 amide bonds. The quantitative estimate of drug-likeness (QED) is 0.389. The number of pyridine rings is 1. The lowest BCUT2D eigenvalue weighted by Crippen LogP contribution is -2.36. The standard InChI is InChI=1S/C22H22ClN5O2.CH5N/c1-3-14(11-25-13(2)22(29)30)19-7-9-28-21(27-19)18(12-26-28)16-6-8-24-20-10-15(23)4-5-17(16)20;1-2/h4-10,12-14,25H,3,11H2,1-2H3,(H,29,30);2H2,1H3. The molecule has 4 aromatic rings. The fourth-order valence-electron chi connectivity index (χ4n) is 3.52. The van der Waals surface area contributed by atoms with E-state index < -0.39 is 12.0 Å². The Kier molecular flexibility index (Phi) is 7.74. The van der Waals surface area contributed by atoms with Crippen LogP contribution >= 0.6 is 11.6 Å². The number of benzene rings is 1. The van der Waals surface area contributed by atoms with Crippen molar-refractivity contribution >= 4 is 34.1 Å². The molecule has 0 spiro atoms. The summed E-state index contributed by atoms with van der Waals surface area (Å²) in [6.45, 7) is 4.25. The van der Waals surface area contributed by atoms with E-state index in [1.807, 2.05) is 36.5 Å². The van der Waals surface area contributed by atoms with Crippen molar-refractivity contribution in [2.75, 3.05) is 13.6 Å². The minimum atomic E-state index is -0.865. The molecule has 0 saturated carbocycles. The van der Waals surface area contributed by atoms with Crippen LogP contribution in [0.25, 0.3) is 27.7 Å². The number of fused-ring (bicyclic) bond motifs is 2. The van der Waals surface area contributed by atoms with Crippen molar-refractivity contribution in [3.8, 4) is 11.1 Å². The third-order valence-electron chi connectivity index (χ3n) is 5.34. The van der Waals surface area contributed by atoms with E-state index in [2.05, 4.69) is 28.1 Å². The summed E-state index contributed by atoms with van der Waals surface area (Å²) in [6, 6.07) is 8.93. The Hall–Kier alpha value is -3.07. The number of hydrogen-bond acceptors (Lipinski definition) is 6. The lowest BCUT2D eigenvalue weighted by atomic mass is 10.0. The molecule has 4 N–H and O–H groups in total. The molecule has 2 unspecified atom stereocenters. The van der Waals surface area contributed by atoms with Gasteiger partial charge in [0, 0.05) is 46.5 Å². The van der Waals surface area contributed by atoms with Gasteiger partial charge in [-0.3, -0.25) is 9.78 Å². The number of nitrogens with zero attached hydrogens (tertiary/aromatic N) is 4. The molecule has 0 aliphatic rings. The number of nitrogens with two attached hydrogens (primary N) is 1. The molecule has 3 heterocycles. The Balaban J connectivity index is 0.00000141. The fourth-order valence-corrected chi connectivity index (χ4v) is 3.69. The molecule has 0 aliphatic carbocycles. The molecule has 1 aromatic carbocycles. The first-order valence-electron chi connectivity index (χ1n) is 10.4. The van der Waals surface area contributed by atoms with E-state index >= 15 is 0 Å². The zero-order chi connectivity index (χ0) is 23.3. The minimum absolute atomic E-state index is 0.0903. The van der Waals surface area contributed by atoms with Gasteiger partial charge in [-0.15, -0.1) is 0 Å². The van der Waals surface area contributed by atoms with Crippen LogP contribution in [0.3, 0.4) is 0 Å². The van der Waals surface area contributed by atoms with Crippen LogP contribution in [0.5, 0.6) is 0 Å². The van der Waals surface area contributed by atoms with Gasteiger partial charge in [0.15, 0.2) is 5.65 Å². The van der Waals surface area contributed by atoms with Crippen LogP contribution in [-0.4, -0.2) is 50.3 Å². The average molecular weight is 455 g/mol. The SMILES string of the molecule is CCC(CNC(C)C(=O)O)c1ccn2ncc(-c3ccnc4cc(Cl)ccc34)c2n1.CN. The second kappa shape index (κ2) is 10.5. The summed E-state index contributed by atoms with van der Waals surface area (Å²) in [7, 11) is 1.50. The molecule has 168 valence electrons. The number of carboxylic acids is 1. The van der Waals surface area contributed by atoms with E-state index in [0.717, 1.165) is 39.8 Å². The smallest absolute Gasteiger partial charge is 0.320 e. The topological polar surface area (TPSA) is 118 Å². The Morgan fingerprint density at radius 3 is 2.75 bits per heavy atom. The molecule has 9 heteroatoms. The van der Waals surface area contributed by atoms with Crippen LogP contribution in [0.15, 0.2) is 48.9 Å². The molecule has 0 radical (unpaired) electrons. The molecular formula is C23H27ClN6O2. The molecule has 32 heavy (non-hydrogen) atoms. The summed E-state index contributed by atoms with van der Waals surface area (Å²) >= 11 is 6.12. The summed E-state index contributed by atoms with van der Waals surface area (Å²) in [5.41, 5.74) is 8.86. The number of rotatable bonds is 7. The fraction of sp³-hybridized carbons (Fsp3) is 0.304. The number of hydrogen-bond donors (Lipinski definition) is 3. The van der Waals surface area contributed by atoms with Crippen molar-refractivity contribution in [2.45, 2.75) is 32.2 Å². The van der Waals surface area contributed by atoms with Gasteiger partial charge in [-0.25, -0.2) is 9.50 Å². The van der Waals surface area contributed by atoms with Crippen LogP contribution < -0.4 is 11.1 Å². The molecule has 2 atom stereocenters. The van der Waals surface area contributed by atoms with Gasteiger partial charge in [-0.2, -0.15) is 5.10 Å². The van der Waals surface area contributed by atoms with Gasteiger partial charge in [0.05, 0.1) is 11.7 Å². The second-order valence-electron chi connectivity index (χ2n) is 7.27. The number of aliphatic carboxylic acids is 1. The van der Waals surface area contributed by atoms with Gasteiger partial charge in [0.1, 0.15) is 6.04 Å². The number of carboxylic acid groups (broad SMARTS) is 1. The van der Waals surface area contributed by atoms with E-state index in [1.165, 1.54) is 7.05 Å². The summed E-state index contributed by atoms with van der Waals surface area (Å²) < 4.78 is 1.75. The van der Waals surface area contributed by atoms with Crippen LogP contribution in [0.2, 0.25) is 5.02 Å². The first-order valence-corrected chi connectivity index (χ1v) is 10.8. The lowest BCUT2D eigenvalue weighted by Gasteiger charge is -2.17. The predicted octanol–water partition coefficient (Wildman–Crippen LogP) is 3.73. The van der Waals surface area contributed by atoms with Gasteiger partial charge in [0.2, 0.25) is 0 Å². The number of carbonyl (C=O) groups is 1. The molecule has 0 fully saturated rings. The van der Waals surface area contributed by atoms with Crippen molar-refractivity contribution < 1.29 is 9.90 Å². The van der Waals surface area contributed by atoms with Crippen LogP contribution in [-0.2, 0) is 4.79 Å². The molecule has 0 saturated heterocycles. The molecular weight excluding hydrogens is 428 g/mol. The maximum atomic E-state index is 11.1. The van der Waals surface area contributed by atoms with E-state index in [-0.39, 0.29) is 5.92 Å². The van der Waals surface area contributed by atoms with E-state index in [9.17, 15) is 4.79 Å². The predicted molar refractivity (Wildman–Crippen MR) is 127 cm³/mol. The maximum absolute atomic E-state index is 11.1. The van der Waals surface area contributed by atoms with Gasteiger partial charge < -0.3 is 16.2 Å². The third kappa shape index (κ3) is 4.88. The zero-order valence-corrected chi connectivity index (χ0v) is 19.0. The largest absolute Gasteiger partial charge is 0.480 e. The second-order valence-corrected chi connectivity index (χ2v) is 7.71. The van der Waals surface area contributed by atoms with Crippen molar-refractivity contribution in [2.24, 2.45) is 5.73 Å². The zero-order valence-electron chi connectivity index (χ0n) is 18.3. The van der Waals surface area contributed by atoms with E-state index in [0.29, 0.717) is 11.6 Å². The minimum Gasteiger partial charge on any atom is -0.480 e. The van der Waals surface area contributed by atoms with Gasteiger partial charge in [-0.1, -0.05) is 24.6 Å². The third-order valence-corrected chi connectivity index (χ3v) is 5.57. The van der Waals surface area contributed by atoms with Crippen LogP contribution in [0.4, 0.5) is 0 Å². The summed E-state index contributed by atoms with van der Waals surface area (Å²) in [5.74, 6) is -0.774.